The second-order valence-corrected chi connectivity index (χ2v) is 15.7. The van der Waals surface area contributed by atoms with E-state index >= 15 is 0 Å². The molecule has 0 saturated carbocycles. The van der Waals surface area contributed by atoms with Crippen LogP contribution in [0.1, 0.15) is 75.7 Å². The summed E-state index contributed by atoms with van der Waals surface area (Å²) in [4.78, 5) is 24.2. The number of ether oxygens (including phenoxy) is 1. The van der Waals surface area contributed by atoms with Crippen LogP contribution in [0.5, 0.6) is 0 Å². The molecule has 1 heterocycles. The average Bonchev–Trinajstić information content (AvgIpc) is 3.15. The predicted molar refractivity (Wildman–Crippen MR) is 145 cm³/mol. The van der Waals surface area contributed by atoms with E-state index in [2.05, 4.69) is 57.9 Å². The number of amides is 1. The highest BCUT2D eigenvalue weighted by Gasteiger charge is 2.38. The molecule has 196 valence electrons. The fourth-order valence-corrected chi connectivity index (χ4v) is 5.23. The molecule has 7 heteroatoms. The van der Waals surface area contributed by atoms with Gasteiger partial charge < -0.3 is 9.16 Å². The Hall–Kier alpha value is -1.96. The molecule has 0 aromatic heterocycles. The monoisotopic (exact) mass is 502 g/mol. The average molecular weight is 503 g/mol. The molecule has 1 amide bonds. The van der Waals surface area contributed by atoms with Gasteiger partial charge in [0.2, 0.25) is 5.91 Å². The van der Waals surface area contributed by atoms with Crippen molar-refractivity contribution in [1.82, 2.24) is 10.0 Å². The Bertz CT molecular complexity index is 846. The van der Waals surface area contributed by atoms with Crippen molar-refractivity contribution in [2.75, 3.05) is 26.7 Å². The van der Waals surface area contributed by atoms with Gasteiger partial charge in [-0.2, -0.15) is 0 Å². The number of hydrogen-bond donors (Lipinski definition) is 0. The van der Waals surface area contributed by atoms with Crippen LogP contribution in [0.4, 0.5) is 0 Å². The lowest BCUT2D eigenvalue weighted by atomic mass is 10.1. The SMILES string of the molecule is CCCCCC(/C=C\CN1CCC(=O)N1CCc1ccc(C(=O)OC)cc1)O[Si](C)(C)C(C)(C)C. The first-order valence-electron chi connectivity index (χ1n) is 13.1. The molecule has 1 aromatic carbocycles. The molecule has 1 aromatic rings. The molecule has 1 saturated heterocycles. The van der Waals surface area contributed by atoms with Gasteiger partial charge in [-0.25, -0.2) is 9.80 Å². The second kappa shape index (κ2) is 13.4. The highest BCUT2D eigenvalue weighted by atomic mass is 28.4. The van der Waals surface area contributed by atoms with E-state index in [-0.39, 0.29) is 23.0 Å². The van der Waals surface area contributed by atoms with Crippen molar-refractivity contribution in [3.05, 3.63) is 47.5 Å². The predicted octanol–water partition coefficient (Wildman–Crippen LogP) is 5.99. The molecule has 2 rings (SSSR count). The Balaban J connectivity index is 1.97. The normalized spacial score (nSPS) is 16.3. The van der Waals surface area contributed by atoms with Crippen molar-refractivity contribution in [2.45, 2.75) is 90.5 Å². The Morgan fingerprint density at radius 1 is 1.17 bits per heavy atom. The number of nitrogens with zero attached hydrogens (tertiary/aromatic N) is 2. The number of hydrogen-bond acceptors (Lipinski definition) is 5. The maximum absolute atomic E-state index is 12.5. The zero-order valence-corrected chi connectivity index (χ0v) is 23.9. The Morgan fingerprint density at radius 3 is 2.46 bits per heavy atom. The largest absolute Gasteiger partial charge is 0.465 e. The highest BCUT2D eigenvalue weighted by Crippen LogP contribution is 2.38. The Kier molecular flexibility index (Phi) is 11.2. The van der Waals surface area contributed by atoms with E-state index in [0.717, 1.165) is 24.9 Å². The van der Waals surface area contributed by atoms with Crippen molar-refractivity contribution in [3.63, 3.8) is 0 Å². The van der Waals surface area contributed by atoms with Gasteiger partial charge in [0.15, 0.2) is 8.32 Å². The quantitative estimate of drug-likeness (QED) is 0.143. The lowest BCUT2D eigenvalue weighted by Gasteiger charge is -2.38. The molecule has 0 bridgehead atoms. The lowest BCUT2D eigenvalue weighted by Crippen LogP contribution is -2.43. The number of benzene rings is 1. The first-order chi connectivity index (χ1) is 16.5. The molecule has 0 aliphatic carbocycles. The number of unbranched alkanes of at least 4 members (excludes halogenated alkanes) is 2. The van der Waals surface area contributed by atoms with Gasteiger partial charge in [0.1, 0.15) is 0 Å². The summed E-state index contributed by atoms with van der Waals surface area (Å²) < 4.78 is 11.5. The molecule has 1 fully saturated rings. The minimum atomic E-state index is -1.86. The van der Waals surface area contributed by atoms with E-state index in [1.165, 1.54) is 26.4 Å². The van der Waals surface area contributed by atoms with Crippen LogP contribution in [0, 0.1) is 0 Å². The van der Waals surface area contributed by atoms with E-state index in [9.17, 15) is 9.59 Å². The molecular weight excluding hydrogens is 456 g/mol. The maximum Gasteiger partial charge on any atom is 0.337 e. The summed E-state index contributed by atoms with van der Waals surface area (Å²) in [5.41, 5.74) is 1.63. The number of carbonyl (C=O) groups excluding carboxylic acids is 2. The number of carbonyl (C=O) groups is 2. The van der Waals surface area contributed by atoms with Crippen LogP contribution in [0.2, 0.25) is 18.1 Å². The zero-order chi connectivity index (χ0) is 26.1. The zero-order valence-electron chi connectivity index (χ0n) is 22.9. The van der Waals surface area contributed by atoms with Gasteiger partial charge in [0.05, 0.1) is 18.8 Å². The van der Waals surface area contributed by atoms with Crippen molar-refractivity contribution >= 4 is 20.2 Å². The summed E-state index contributed by atoms with van der Waals surface area (Å²) in [6, 6.07) is 7.40. The van der Waals surface area contributed by atoms with Gasteiger partial charge in [-0.1, -0.05) is 71.2 Å². The van der Waals surface area contributed by atoms with Crippen LogP contribution < -0.4 is 0 Å². The van der Waals surface area contributed by atoms with E-state index in [0.29, 0.717) is 25.1 Å². The number of esters is 1. The highest BCUT2D eigenvalue weighted by molar-refractivity contribution is 6.74. The van der Waals surface area contributed by atoms with Crippen LogP contribution in [0.15, 0.2) is 36.4 Å². The molecule has 0 radical (unpaired) electrons. The summed E-state index contributed by atoms with van der Waals surface area (Å²) in [5, 5.41) is 4.19. The summed E-state index contributed by atoms with van der Waals surface area (Å²) in [6.45, 7) is 15.8. The number of rotatable bonds is 13. The van der Waals surface area contributed by atoms with Crippen molar-refractivity contribution in [1.29, 1.82) is 0 Å². The molecule has 1 aliphatic heterocycles. The molecule has 1 aliphatic rings. The van der Waals surface area contributed by atoms with E-state index < -0.39 is 8.32 Å². The first-order valence-corrected chi connectivity index (χ1v) is 16.0. The van der Waals surface area contributed by atoms with Crippen LogP contribution in [-0.4, -0.2) is 63.1 Å². The number of hydrazine groups is 1. The van der Waals surface area contributed by atoms with Crippen LogP contribution in [0.3, 0.4) is 0 Å². The molecule has 35 heavy (non-hydrogen) atoms. The first kappa shape index (κ1) is 29.3. The van der Waals surface area contributed by atoms with Crippen molar-refractivity contribution in [2.24, 2.45) is 0 Å². The summed E-state index contributed by atoms with van der Waals surface area (Å²) in [6.07, 6.45) is 10.5. The van der Waals surface area contributed by atoms with Gasteiger partial charge in [-0.05, 0) is 48.7 Å². The minimum Gasteiger partial charge on any atom is -0.465 e. The summed E-state index contributed by atoms with van der Waals surface area (Å²) >= 11 is 0. The van der Waals surface area contributed by atoms with Gasteiger partial charge in [0, 0.05) is 26.1 Å². The second-order valence-electron chi connectivity index (χ2n) is 11.0. The lowest BCUT2D eigenvalue weighted by molar-refractivity contribution is -0.137. The standard InChI is InChI=1S/C28H46N2O4Si/c1-8-9-10-12-25(34-35(6,7)28(2,3)4)13-11-20-29-21-19-26(31)30(29)22-18-23-14-16-24(17-15-23)27(32)33-5/h11,13-17,25H,8-10,12,18-22H2,1-7H3/b13-11-. The summed E-state index contributed by atoms with van der Waals surface area (Å²) in [7, 11) is -0.476. The van der Waals surface area contributed by atoms with Crippen LogP contribution >= 0.6 is 0 Å². The van der Waals surface area contributed by atoms with E-state index in [1.807, 2.05) is 17.1 Å². The molecule has 1 unspecified atom stereocenters. The van der Waals surface area contributed by atoms with Gasteiger partial charge in [-0.3, -0.25) is 9.80 Å². The molecule has 0 N–H and O–H groups in total. The van der Waals surface area contributed by atoms with Crippen LogP contribution in [-0.2, 0) is 20.4 Å². The fourth-order valence-electron chi connectivity index (χ4n) is 3.93. The third-order valence-electron chi connectivity index (χ3n) is 7.21. The molecular formula is C28H46N2O4Si. The maximum atomic E-state index is 12.5. The Labute approximate surface area is 213 Å². The van der Waals surface area contributed by atoms with Gasteiger partial charge in [-0.15, -0.1) is 0 Å². The van der Waals surface area contributed by atoms with Gasteiger partial charge in [0.25, 0.3) is 0 Å². The van der Waals surface area contributed by atoms with Gasteiger partial charge >= 0.3 is 5.97 Å². The topological polar surface area (TPSA) is 59.1 Å². The minimum absolute atomic E-state index is 0.127. The van der Waals surface area contributed by atoms with Crippen LogP contribution in [0.25, 0.3) is 0 Å². The van der Waals surface area contributed by atoms with E-state index in [4.69, 9.17) is 9.16 Å². The molecule has 1 atom stereocenters. The third kappa shape index (κ3) is 8.88. The molecule has 6 nitrogen and oxygen atoms in total. The van der Waals surface area contributed by atoms with Crippen molar-refractivity contribution < 1.29 is 18.8 Å². The van der Waals surface area contributed by atoms with Crippen molar-refractivity contribution in [3.8, 4) is 0 Å². The smallest absolute Gasteiger partial charge is 0.337 e. The summed E-state index contributed by atoms with van der Waals surface area (Å²) in [5.74, 6) is -0.170. The number of methoxy groups -OCH3 is 1. The third-order valence-corrected chi connectivity index (χ3v) is 11.7. The molecule has 0 spiro atoms. The fraction of sp³-hybridized carbons (Fsp3) is 0.643. The Morgan fingerprint density at radius 2 is 1.86 bits per heavy atom. The van der Waals surface area contributed by atoms with E-state index in [1.54, 1.807) is 12.1 Å².